The second kappa shape index (κ2) is 9.09. The molecule has 1 unspecified atom stereocenters. The first-order valence-corrected chi connectivity index (χ1v) is 15.2. The third-order valence-electron chi connectivity index (χ3n) is 9.54. The third-order valence-corrected chi connectivity index (χ3v) is 10.4. The lowest BCUT2D eigenvalue weighted by Crippen LogP contribution is -2.56. The van der Waals surface area contributed by atoms with Gasteiger partial charge < -0.3 is 14.4 Å². The van der Waals surface area contributed by atoms with Crippen LogP contribution in [0.2, 0.25) is 0 Å². The quantitative estimate of drug-likeness (QED) is 0.614. The molecule has 0 amide bonds. The van der Waals surface area contributed by atoms with Gasteiger partial charge in [-0.3, -0.25) is 14.3 Å². The zero-order valence-corrected chi connectivity index (χ0v) is 21.5. The number of hydrogen-bond acceptors (Lipinski definition) is 4. The van der Waals surface area contributed by atoms with Crippen molar-refractivity contribution in [2.24, 2.45) is 23.7 Å². The van der Waals surface area contributed by atoms with Crippen LogP contribution in [0.15, 0.2) is 29.1 Å². The molecule has 0 radical (unpaired) electrons. The highest BCUT2D eigenvalue weighted by atomic mass is 31.2. The summed E-state index contributed by atoms with van der Waals surface area (Å²) in [5.74, 6) is 2.91. The van der Waals surface area contributed by atoms with Crippen LogP contribution in [0.4, 0.5) is 0 Å². The standard InChI is InChI=1S/C27H38N3O4P/c1-17-10-18-12-19(13-18)14-22(11-17)29-16-20-6-2-3-7-21(29)15-25(20)30-24-9-5-4-8-23(24)28-26(27(30)31)35(32,33)34/h4-5,8-9,17-22,25H,2-3,6-7,10-16H2,1H3,(H2,32,33,34)/t17-,18?,19?,20?,21-,22-,25+/m0/s1. The average molecular weight is 500 g/mol. The number of rotatable bonds is 3. The molecule has 0 spiro atoms. The predicted molar refractivity (Wildman–Crippen MR) is 137 cm³/mol. The SMILES string of the molecule is C[C@H]1CC2CC(C2)C[C@@H](N2CC3CCCC[C@H]2C[C@H]3n2c(=O)c(P(=O)(O)O)nc3ccccc32)C1. The van der Waals surface area contributed by atoms with Crippen molar-refractivity contribution in [2.45, 2.75) is 89.3 Å². The summed E-state index contributed by atoms with van der Waals surface area (Å²) in [6, 6.07) is 8.30. The fraction of sp³-hybridized carbons (Fsp3) is 0.704. The van der Waals surface area contributed by atoms with Crippen LogP contribution in [0.25, 0.3) is 11.0 Å². The summed E-state index contributed by atoms with van der Waals surface area (Å²) in [5.41, 5.74) is -0.0505. The smallest absolute Gasteiger partial charge is 0.320 e. The molecule has 2 aromatic rings. The van der Waals surface area contributed by atoms with Gasteiger partial charge in [-0.05, 0) is 87.2 Å². The molecule has 2 aliphatic heterocycles. The van der Waals surface area contributed by atoms with Crippen molar-refractivity contribution >= 4 is 24.1 Å². The molecule has 4 saturated carbocycles. The Hall–Kier alpha value is -1.53. The molecule has 4 bridgehead atoms. The van der Waals surface area contributed by atoms with E-state index in [1.54, 1.807) is 16.7 Å². The highest BCUT2D eigenvalue weighted by Crippen LogP contribution is 2.48. The first-order chi connectivity index (χ1) is 16.8. The molecule has 7 nitrogen and oxygen atoms in total. The molecule has 1 aromatic carbocycles. The molecule has 6 aliphatic rings. The van der Waals surface area contributed by atoms with E-state index < -0.39 is 18.6 Å². The lowest BCUT2D eigenvalue weighted by Gasteiger charge is -2.53. The normalized spacial score (nSPS) is 36.1. The van der Waals surface area contributed by atoms with Crippen molar-refractivity contribution < 1.29 is 14.4 Å². The third kappa shape index (κ3) is 4.43. The highest BCUT2D eigenvalue weighted by Gasteiger charge is 2.44. The van der Waals surface area contributed by atoms with Gasteiger partial charge in [0.25, 0.3) is 5.56 Å². The second-order valence-electron chi connectivity index (χ2n) is 12.0. The molecule has 35 heavy (non-hydrogen) atoms. The lowest BCUT2D eigenvalue weighted by atomic mass is 9.64. The zero-order valence-electron chi connectivity index (χ0n) is 20.6. The Kier molecular flexibility index (Phi) is 6.19. The lowest BCUT2D eigenvalue weighted by molar-refractivity contribution is -0.0236. The number of aromatic nitrogens is 2. The summed E-state index contributed by atoms with van der Waals surface area (Å²) >= 11 is 0. The molecule has 3 heterocycles. The topological polar surface area (TPSA) is 95.7 Å². The van der Waals surface area contributed by atoms with E-state index in [4.69, 9.17) is 0 Å². The zero-order chi connectivity index (χ0) is 24.3. The van der Waals surface area contributed by atoms with Gasteiger partial charge in [-0.2, -0.15) is 0 Å². The van der Waals surface area contributed by atoms with Crippen molar-refractivity contribution in [3.63, 3.8) is 0 Å². The van der Waals surface area contributed by atoms with Crippen molar-refractivity contribution in [2.75, 3.05) is 6.54 Å². The Bertz CT molecular complexity index is 1200. The van der Waals surface area contributed by atoms with E-state index in [1.165, 1.54) is 38.5 Å². The number of para-hydroxylation sites is 2. The minimum absolute atomic E-state index is 0.0543. The van der Waals surface area contributed by atoms with Crippen LogP contribution in [0.5, 0.6) is 0 Å². The fourth-order valence-corrected chi connectivity index (χ4v) is 8.66. The number of piperidine rings is 1. The van der Waals surface area contributed by atoms with E-state index in [0.717, 1.165) is 50.0 Å². The maximum absolute atomic E-state index is 13.6. The largest absolute Gasteiger partial charge is 0.380 e. The summed E-state index contributed by atoms with van der Waals surface area (Å²) in [7, 11) is -4.78. The van der Waals surface area contributed by atoms with Gasteiger partial charge in [0.15, 0.2) is 0 Å². The van der Waals surface area contributed by atoms with Crippen LogP contribution in [0, 0.1) is 23.7 Å². The van der Waals surface area contributed by atoms with Gasteiger partial charge in [0.05, 0.1) is 11.0 Å². The van der Waals surface area contributed by atoms with Crippen LogP contribution in [-0.2, 0) is 4.57 Å². The second-order valence-corrected chi connectivity index (χ2v) is 13.5. The monoisotopic (exact) mass is 499 g/mol. The molecular formula is C27H38N3O4P. The summed E-state index contributed by atoms with van der Waals surface area (Å²) in [6.45, 7) is 3.42. The minimum Gasteiger partial charge on any atom is -0.320 e. The Balaban J connectivity index is 1.38. The van der Waals surface area contributed by atoms with E-state index in [-0.39, 0.29) is 6.04 Å². The van der Waals surface area contributed by atoms with Crippen molar-refractivity contribution in [3.8, 4) is 0 Å². The fourth-order valence-electron chi connectivity index (χ4n) is 8.07. The molecular weight excluding hydrogens is 461 g/mol. The minimum atomic E-state index is -4.78. The summed E-state index contributed by atoms with van der Waals surface area (Å²) in [5, 5.41) is 0. The summed E-state index contributed by atoms with van der Waals surface area (Å²) in [6.07, 6.45) is 12.2. The molecule has 4 aliphatic carbocycles. The number of benzene rings is 1. The van der Waals surface area contributed by atoms with Crippen LogP contribution >= 0.6 is 7.60 Å². The molecule has 2 saturated heterocycles. The Morgan fingerprint density at radius 3 is 2.49 bits per heavy atom. The van der Waals surface area contributed by atoms with Crippen LogP contribution in [0.3, 0.4) is 0 Å². The van der Waals surface area contributed by atoms with Gasteiger partial charge in [0.2, 0.25) is 5.44 Å². The predicted octanol–water partition coefficient (Wildman–Crippen LogP) is 4.22. The van der Waals surface area contributed by atoms with E-state index >= 15 is 0 Å². The first kappa shape index (κ1) is 23.8. The van der Waals surface area contributed by atoms with Crippen molar-refractivity contribution in [1.29, 1.82) is 0 Å². The van der Waals surface area contributed by atoms with Gasteiger partial charge in [0.1, 0.15) is 0 Å². The Morgan fingerprint density at radius 1 is 0.943 bits per heavy atom. The maximum atomic E-state index is 13.6. The number of nitrogens with zero attached hydrogens (tertiary/aromatic N) is 3. The number of fused-ring (bicyclic) bond motifs is 11. The van der Waals surface area contributed by atoms with E-state index in [9.17, 15) is 19.1 Å². The number of hydrogen-bond donors (Lipinski definition) is 2. The van der Waals surface area contributed by atoms with Crippen LogP contribution in [0.1, 0.15) is 77.2 Å². The van der Waals surface area contributed by atoms with Gasteiger partial charge in [-0.25, -0.2) is 4.98 Å². The summed E-state index contributed by atoms with van der Waals surface area (Å²) in [4.78, 5) is 40.4. The van der Waals surface area contributed by atoms with E-state index in [2.05, 4.69) is 16.8 Å². The molecule has 8 rings (SSSR count). The van der Waals surface area contributed by atoms with Gasteiger partial charge in [0, 0.05) is 24.7 Å². The van der Waals surface area contributed by atoms with Crippen molar-refractivity contribution in [3.05, 3.63) is 34.6 Å². The maximum Gasteiger partial charge on any atom is 0.380 e. The molecule has 190 valence electrons. The summed E-state index contributed by atoms with van der Waals surface area (Å²) < 4.78 is 13.9. The van der Waals surface area contributed by atoms with Gasteiger partial charge in [-0.15, -0.1) is 0 Å². The average Bonchev–Trinajstić information content (AvgIpc) is 2.74. The molecule has 5 atom stereocenters. The van der Waals surface area contributed by atoms with Gasteiger partial charge in [-0.1, -0.05) is 31.9 Å². The molecule has 6 fully saturated rings. The highest BCUT2D eigenvalue weighted by molar-refractivity contribution is 7.59. The van der Waals surface area contributed by atoms with Crippen LogP contribution in [-0.4, -0.2) is 42.9 Å². The molecule has 8 heteroatoms. The van der Waals surface area contributed by atoms with Crippen LogP contribution < -0.4 is 11.0 Å². The molecule has 1 aromatic heterocycles. The van der Waals surface area contributed by atoms with Gasteiger partial charge >= 0.3 is 7.60 Å². The Morgan fingerprint density at radius 2 is 1.69 bits per heavy atom. The first-order valence-electron chi connectivity index (χ1n) is 13.6. The van der Waals surface area contributed by atoms with Crippen molar-refractivity contribution in [1.82, 2.24) is 14.5 Å². The van der Waals surface area contributed by atoms with E-state index in [1.807, 2.05) is 12.1 Å². The molecule has 2 N–H and O–H groups in total. The Labute approximate surface area is 207 Å². The van der Waals surface area contributed by atoms with E-state index in [0.29, 0.717) is 29.0 Å².